The molecule has 0 aliphatic rings. The lowest BCUT2D eigenvalue weighted by Crippen LogP contribution is -2.22. The molecule has 0 bridgehead atoms. The maximum absolute atomic E-state index is 12.1. The molecule has 1 amide bonds. The molecule has 2 N–H and O–H groups in total. The van der Waals surface area contributed by atoms with Gasteiger partial charge in [-0.1, -0.05) is 18.2 Å². The van der Waals surface area contributed by atoms with Gasteiger partial charge >= 0.3 is 0 Å². The van der Waals surface area contributed by atoms with E-state index in [4.69, 9.17) is 0 Å². The summed E-state index contributed by atoms with van der Waals surface area (Å²) in [5.74, 6) is 0.535. The topological polar surface area (TPSA) is 97.2 Å². The van der Waals surface area contributed by atoms with Crippen LogP contribution in [0.3, 0.4) is 0 Å². The van der Waals surface area contributed by atoms with Crippen LogP contribution in [0.25, 0.3) is 0 Å². The van der Waals surface area contributed by atoms with Gasteiger partial charge in [-0.2, -0.15) is 0 Å². The molecule has 7 nitrogen and oxygen atoms in total. The van der Waals surface area contributed by atoms with Crippen molar-refractivity contribution >= 4 is 34.7 Å². The Bertz CT molecular complexity index is 949. The van der Waals surface area contributed by atoms with E-state index in [1.165, 1.54) is 6.07 Å². The van der Waals surface area contributed by atoms with Gasteiger partial charge < -0.3 is 10.6 Å². The summed E-state index contributed by atoms with van der Waals surface area (Å²) in [5, 5.41) is 16.6. The molecule has 0 atom stereocenters. The van der Waals surface area contributed by atoms with E-state index in [1.807, 2.05) is 42.6 Å². The first-order chi connectivity index (χ1) is 13.6. The SMILES string of the molecule is O=C(CNc1ccccc1[N+](=O)[O-])Nc1ccc(SCc2cccnc2)cc1. The lowest BCUT2D eigenvalue weighted by atomic mass is 10.2. The van der Waals surface area contributed by atoms with Gasteiger partial charge in [-0.3, -0.25) is 19.9 Å². The number of hydrogen-bond acceptors (Lipinski definition) is 6. The molecule has 0 saturated carbocycles. The molecule has 0 radical (unpaired) electrons. The molecule has 0 fully saturated rings. The second-order valence-corrected chi connectivity index (χ2v) is 6.90. The number of carbonyl (C=O) groups excluding carboxylic acids is 1. The molecule has 0 spiro atoms. The Balaban J connectivity index is 1.50. The normalized spacial score (nSPS) is 10.3. The van der Waals surface area contributed by atoms with Gasteiger partial charge in [-0.15, -0.1) is 11.8 Å². The minimum absolute atomic E-state index is 0.0645. The molecule has 3 aromatic rings. The fraction of sp³-hybridized carbons (Fsp3) is 0.100. The van der Waals surface area contributed by atoms with Crippen molar-refractivity contribution in [3.63, 3.8) is 0 Å². The van der Waals surface area contributed by atoms with Gasteiger partial charge in [-0.05, 0) is 42.0 Å². The largest absolute Gasteiger partial charge is 0.371 e. The first-order valence-electron chi connectivity index (χ1n) is 8.51. The molecule has 1 heterocycles. The predicted octanol–water partition coefficient (Wildman–Crippen LogP) is 4.33. The number of carbonyl (C=O) groups is 1. The first kappa shape index (κ1) is 19.4. The predicted molar refractivity (Wildman–Crippen MR) is 110 cm³/mol. The highest BCUT2D eigenvalue weighted by Crippen LogP contribution is 2.24. The Morgan fingerprint density at radius 3 is 2.57 bits per heavy atom. The minimum Gasteiger partial charge on any atom is -0.371 e. The van der Waals surface area contributed by atoms with E-state index in [0.29, 0.717) is 11.4 Å². The fourth-order valence-electron chi connectivity index (χ4n) is 2.45. The molecule has 2 aromatic carbocycles. The van der Waals surface area contributed by atoms with Crippen molar-refractivity contribution in [1.29, 1.82) is 0 Å². The van der Waals surface area contributed by atoms with Crippen LogP contribution in [-0.2, 0) is 10.5 Å². The van der Waals surface area contributed by atoms with Crippen LogP contribution in [0.5, 0.6) is 0 Å². The van der Waals surface area contributed by atoms with E-state index in [-0.39, 0.29) is 18.1 Å². The maximum atomic E-state index is 12.1. The van der Waals surface area contributed by atoms with Crippen LogP contribution in [0.1, 0.15) is 5.56 Å². The number of hydrogen-bond donors (Lipinski definition) is 2. The molecule has 28 heavy (non-hydrogen) atoms. The average Bonchev–Trinajstić information content (AvgIpc) is 2.72. The average molecular weight is 394 g/mol. The molecule has 1 aromatic heterocycles. The van der Waals surface area contributed by atoms with Crippen LogP contribution in [0.2, 0.25) is 0 Å². The third-order valence-corrected chi connectivity index (χ3v) is 4.89. The smallest absolute Gasteiger partial charge is 0.292 e. The number of rotatable bonds is 8. The van der Waals surface area contributed by atoms with Crippen LogP contribution < -0.4 is 10.6 Å². The van der Waals surface area contributed by atoms with E-state index in [1.54, 1.807) is 36.2 Å². The monoisotopic (exact) mass is 394 g/mol. The maximum Gasteiger partial charge on any atom is 0.292 e. The Morgan fingerprint density at radius 2 is 1.86 bits per heavy atom. The summed E-state index contributed by atoms with van der Waals surface area (Å²) < 4.78 is 0. The van der Waals surface area contributed by atoms with Gasteiger partial charge in [0, 0.05) is 34.8 Å². The van der Waals surface area contributed by atoms with Gasteiger partial charge in [0.1, 0.15) is 5.69 Å². The van der Waals surface area contributed by atoms with Gasteiger partial charge in [0.15, 0.2) is 0 Å². The van der Waals surface area contributed by atoms with Crippen LogP contribution in [0.15, 0.2) is 78.0 Å². The first-order valence-corrected chi connectivity index (χ1v) is 9.49. The van der Waals surface area contributed by atoms with E-state index < -0.39 is 4.92 Å². The van der Waals surface area contributed by atoms with Crippen molar-refractivity contribution < 1.29 is 9.72 Å². The Kier molecular flexibility index (Phi) is 6.59. The number of pyridine rings is 1. The summed E-state index contributed by atoms with van der Waals surface area (Å²) >= 11 is 1.68. The Hall–Kier alpha value is -3.39. The van der Waals surface area contributed by atoms with Crippen molar-refractivity contribution in [1.82, 2.24) is 4.98 Å². The second-order valence-electron chi connectivity index (χ2n) is 5.85. The van der Waals surface area contributed by atoms with Crippen LogP contribution in [-0.4, -0.2) is 22.4 Å². The summed E-state index contributed by atoms with van der Waals surface area (Å²) in [6, 6.07) is 17.7. The van der Waals surface area contributed by atoms with Crippen LogP contribution >= 0.6 is 11.8 Å². The van der Waals surface area contributed by atoms with Crippen LogP contribution in [0.4, 0.5) is 17.1 Å². The number of nitrogens with zero attached hydrogens (tertiary/aromatic N) is 2. The number of aromatic nitrogens is 1. The molecule has 0 saturated heterocycles. The summed E-state index contributed by atoms with van der Waals surface area (Å²) in [4.78, 5) is 27.8. The quantitative estimate of drug-likeness (QED) is 0.335. The molecular formula is C20H18N4O3S. The highest BCUT2D eigenvalue weighted by Gasteiger charge is 2.13. The highest BCUT2D eigenvalue weighted by atomic mass is 32.2. The zero-order chi connectivity index (χ0) is 19.8. The molecule has 3 rings (SSSR count). The lowest BCUT2D eigenvalue weighted by molar-refractivity contribution is -0.383. The number of benzene rings is 2. The molecular weight excluding hydrogens is 376 g/mol. The fourth-order valence-corrected chi connectivity index (χ4v) is 3.28. The summed E-state index contributed by atoms with van der Waals surface area (Å²) in [6.07, 6.45) is 3.59. The van der Waals surface area contributed by atoms with E-state index in [0.717, 1.165) is 16.2 Å². The number of anilines is 2. The number of nitro groups is 1. The van der Waals surface area contributed by atoms with Gasteiger partial charge in [0.05, 0.1) is 11.5 Å². The summed E-state index contributed by atoms with van der Waals surface area (Å²) in [5.41, 5.74) is 2.06. The van der Waals surface area contributed by atoms with Crippen molar-refractivity contribution in [2.24, 2.45) is 0 Å². The molecule has 0 aliphatic carbocycles. The van der Waals surface area contributed by atoms with E-state index in [2.05, 4.69) is 15.6 Å². The number of amides is 1. The third-order valence-electron chi connectivity index (χ3n) is 3.81. The zero-order valence-corrected chi connectivity index (χ0v) is 15.7. The van der Waals surface area contributed by atoms with Crippen molar-refractivity contribution in [3.05, 3.63) is 88.7 Å². The summed E-state index contributed by atoms with van der Waals surface area (Å²) in [6.45, 7) is -0.0671. The zero-order valence-electron chi connectivity index (χ0n) is 14.9. The van der Waals surface area contributed by atoms with E-state index >= 15 is 0 Å². The molecule has 0 unspecified atom stereocenters. The molecule has 142 valence electrons. The van der Waals surface area contributed by atoms with Crippen molar-refractivity contribution in [2.45, 2.75) is 10.6 Å². The Morgan fingerprint density at radius 1 is 1.07 bits per heavy atom. The van der Waals surface area contributed by atoms with E-state index in [9.17, 15) is 14.9 Å². The van der Waals surface area contributed by atoms with Crippen molar-refractivity contribution in [2.75, 3.05) is 17.2 Å². The number of para-hydroxylation sites is 2. The van der Waals surface area contributed by atoms with Gasteiger partial charge in [0.2, 0.25) is 5.91 Å². The minimum atomic E-state index is -0.484. The number of nitro benzene ring substituents is 1. The number of nitrogens with one attached hydrogen (secondary N) is 2. The highest BCUT2D eigenvalue weighted by molar-refractivity contribution is 7.98. The number of thioether (sulfide) groups is 1. The van der Waals surface area contributed by atoms with Gasteiger partial charge in [-0.25, -0.2) is 0 Å². The molecule has 0 aliphatic heterocycles. The Labute approximate surface area is 166 Å². The third kappa shape index (κ3) is 5.55. The van der Waals surface area contributed by atoms with Gasteiger partial charge in [0.25, 0.3) is 5.69 Å². The lowest BCUT2D eigenvalue weighted by Gasteiger charge is -2.09. The standard InChI is InChI=1S/C20H18N4O3S/c25-20(13-22-18-5-1-2-6-19(18)24(26)27)23-16-7-9-17(10-8-16)28-14-15-4-3-11-21-12-15/h1-12,22H,13-14H2,(H,23,25). The van der Waals surface area contributed by atoms with Crippen LogP contribution in [0, 0.1) is 10.1 Å². The summed E-state index contributed by atoms with van der Waals surface area (Å²) in [7, 11) is 0. The van der Waals surface area contributed by atoms with Crippen molar-refractivity contribution in [3.8, 4) is 0 Å². The molecule has 8 heteroatoms. The second kappa shape index (κ2) is 9.52.